The largest absolute Gasteiger partial charge is 0.393 e. The third-order valence-electron chi connectivity index (χ3n) is 4.05. The van der Waals surface area contributed by atoms with Gasteiger partial charge in [-0.3, -0.25) is 0 Å². The minimum absolute atomic E-state index is 0.0125. The summed E-state index contributed by atoms with van der Waals surface area (Å²) in [6.45, 7) is 4.87. The Kier molecular flexibility index (Phi) is 4.59. The lowest BCUT2D eigenvalue weighted by molar-refractivity contribution is -0.182. The first-order valence-electron chi connectivity index (χ1n) is 7.18. The SMILES string of the molecule is Cc1cc(C)c(S(=O)(=O)N2CCCC(C(F)(F)F)C2)c(C)c1. The Morgan fingerprint density at radius 1 is 1.14 bits per heavy atom. The molecule has 0 aliphatic carbocycles. The Balaban J connectivity index is 2.39. The van der Waals surface area contributed by atoms with E-state index in [1.54, 1.807) is 26.0 Å². The molecule has 1 aromatic rings. The number of benzene rings is 1. The third kappa shape index (κ3) is 3.30. The van der Waals surface area contributed by atoms with Crippen LogP contribution in [0.2, 0.25) is 0 Å². The van der Waals surface area contributed by atoms with Gasteiger partial charge in [0.05, 0.1) is 10.8 Å². The van der Waals surface area contributed by atoms with Crippen molar-refractivity contribution in [1.29, 1.82) is 0 Å². The molecule has 1 aromatic carbocycles. The highest BCUT2D eigenvalue weighted by molar-refractivity contribution is 7.89. The first-order chi connectivity index (χ1) is 10.0. The van der Waals surface area contributed by atoms with Crippen LogP contribution in [0.1, 0.15) is 29.5 Å². The summed E-state index contributed by atoms with van der Waals surface area (Å²) in [5.74, 6) is -1.58. The van der Waals surface area contributed by atoms with Crippen LogP contribution >= 0.6 is 0 Å². The molecule has 0 radical (unpaired) electrons. The van der Waals surface area contributed by atoms with Gasteiger partial charge in [0.2, 0.25) is 10.0 Å². The number of nitrogens with zero attached hydrogens (tertiary/aromatic N) is 1. The van der Waals surface area contributed by atoms with Crippen LogP contribution in [0.3, 0.4) is 0 Å². The van der Waals surface area contributed by atoms with Crippen molar-refractivity contribution in [2.24, 2.45) is 5.92 Å². The van der Waals surface area contributed by atoms with Gasteiger partial charge < -0.3 is 0 Å². The van der Waals surface area contributed by atoms with Crippen LogP contribution in [-0.4, -0.2) is 32.0 Å². The van der Waals surface area contributed by atoms with Crippen LogP contribution in [0.5, 0.6) is 0 Å². The van der Waals surface area contributed by atoms with Gasteiger partial charge in [-0.25, -0.2) is 8.42 Å². The summed E-state index contributed by atoms with van der Waals surface area (Å²) in [5.41, 5.74) is 2.08. The van der Waals surface area contributed by atoms with Crippen LogP contribution in [0.15, 0.2) is 17.0 Å². The molecule has 1 fully saturated rings. The molecule has 0 spiro atoms. The maximum atomic E-state index is 12.9. The zero-order chi connectivity index (χ0) is 16.7. The van der Waals surface area contributed by atoms with Crippen molar-refractivity contribution in [1.82, 2.24) is 4.31 Å². The molecule has 0 aromatic heterocycles. The van der Waals surface area contributed by atoms with Crippen molar-refractivity contribution >= 4 is 10.0 Å². The number of rotatable bonds is 2. The number of hydrogen-bond acceptors (Lipinski definition) is 2. The molecule has 7 heteroatoms. The number of piperidine rings is 1. The van der Waals surface area contributed by atoms with E-state index in [4.69, 9.17) is 0 Å². The summed E-state index contributed by atoms with van der Waals surface area (Å²) in [6, 6.07) is 3.48. The second-order valence-electron chi connectivity index (χ2n) is 5.97. The molecule has 1 aliphatic rings. The molecule has 0 N–H and O–H groups in total. The fraction of sp³-hybridized carbons (Fsp3) is 0.600. The van der Waals surface area contributed by atoms with Crippen molar-refractivity contribution in [3.05, 3.63) is 28.8 Å². The van der Waals surface area contributed by atoms with Crippen molar-refractivity contribution < 1.29 is 21.6 Å². The molecular weight excluding hydrogens is 315 g/mol. The monoisotopic (exact) mass is 335 g/mol. The number of halogens is 3. The highest BCUT2D eigenvalue weighted by atomic mass is 32.2. The van der Waals surface area contributed by atoms with Gasteiger partial charge in [-0.2, -0.15) is 17.5 Å². The Labute approximate surface area is 129 Å². The van der Waals surface area contributed by atoms with Crippen LogP contribution < -0.4 is 0 Å². The van der Waals surface area contributed by atoms with Crippen molar-refractivity contribution in [2.75, 3.05) is 13.1 Å². The molecule has 0 amide bonds. The average molecular weight is 335 g/mol. The molecule has 1 unspecified atom stereocenters. The van der Waals surface area contributed by atoms with E-state index in [0.29, 0.717) is 11.1 Å². The van der Waals surface area contributed by atoms with Crippen LogP contribution in [0, 0.1) is 26.7 Å². The lowest BCUT2D eigenvalue weighted by atomic mass is 9.99. The minimum Gasteiger partial charge on any atom is -0.207 e. The van der Waals surface area contributed by atoms with Gasteiger partial charge in [-0.15, -0.1) is 0 Å². The van der Waals surface area contributed by atoms with Gasteiger partial charge in [0, 0.05) is 13.1 Å². The lowest BCUT2D eigenvalue weighted by Crippen LogP contribution is -2.44. The zero-order valence-corrected chi connectivity index (χ0v) is 13.7. The standard InChI is InChI=1S/C15H20F3NO2S/c1-10-7-11(2)14(12(3)8-10)22(20,21)19-6-4-5-13(9-19)15(16,17)18/h7-8,13H,4-6,9H2,1-3H3. The molecule has 1 aliphatic heterocycles. The maximum absolute atomic E-state index is 12.9. The molecule has 1 atom stereocenters. The third-order valence-corrected chi connectivity index (χ3v) is 6.22. The topological polar surface area (TPSA) is 37.4 Å². The summed E-state index contributed by atoms with van der Waals surface area (Å²) < 4.78 is 65.2. The number of alkyl halides is 3. The molecule has 3 nitrogen and oxygen atoms in total. The normalized spacial score (nSPS) is 21.1. The predicted molar refractivity (Wildman–Crippen MR) is 78.2 cm³/mol. The molecule has 1 saturated heterocycles. The first kappa shape index (κ1) is 17.3. The average Bonchev–Trinajstić information content (AvgIpc) is 2.36. The summed E-state index contributed by atoms with van der Waals surface area (Å²) in [7, 11) is -3.90. The van der Waals surface area contributed by atoms with E-state index in [1.165, 1.54) is 0 Å². The second-order valence-corrected chi connectivity index (χ2v) is 7.85. The second kappa shape index (κ2) is 5.85. The predicted octanol–water partition coefficient (Wildman–Crippen LogP) is 3.57. The molecule has 0 saturated carbocycles. The first-order valence-corrected chi connectivity index (χ1v) is 8.62. The van der Waals surface area contributed by atoms with E-state index in [-0.39, 0.29) is 24.3 Å². The minimum atomic E-state index is -4.36. The Morgan fingerprint density at radius 2 is 1.68 bits per heavy atom. The van der Waals surface area contributed by atoms with E-state index in [0.717, 1.165) is 9.87 Å². The van der Waals surface area contributed by atoms with E-state index in [9.17, 15) is 21.6 Å². The number of sulfonamides is 1. The van der Waals surface area contributed by atoms with Gasteiger partial charge in [0.15, 0.2) is 0 Å². The molecular formula is C15H20F3NO2S. The molecule has 22 heavy (non-hydrogen) atoms. The van der Waals surface area contributed by atoms with Crippen molar-refractivity contribution in [3.8, 4) is 0 Å². The van der Waals surface area contributed by atoms with Gasteiger partial charge in [-0.05, 0) is 44.7 Å². The molecule has 2 rings (SSSR count). The maximum Gasteiger partial charge on any atom is 0.393 e. The highest BCUT2D eigenvalue weighted by Crippen LogP contribution is 2.36. The summed E-state index contributed by atoms with van der Waals surface area (Å²) in [4.78, 5) is 0.140. The van der Waals surface area contributed by atoms with Gasteiger partial charge >= 0.3 is 6.18 Å². The van der Waals surface area contributed by atoms with E-state index < -0.39 is 28.7 Å². The summed E-state index contributed by atoms with van der Waals surface area (Å²) in [6.07, 6.45) is -4.14. The molecule has 0 bridgehead atoms. The van der Waals surface area contributed by atoms with Crippen LogP contribution in [0.25, 0.3) is 0 Å². The van der Waals surface area contributed by atoms with Gasteiger partial charge in [-0.1, -0.05) is 17.7 Å². The fourth-order valence-electron chi connectivity index (χ4n) is 3.13. The van der Waals surface area contributed by atoms with Crippen LogP contribution in [0.4, 0.5) is 13.2 Å². The zero-order valence-electron chi connectivity index (χ0n) is 12.9. The highest BCUT2D eigenvalue weighted by Gasteiger charge is 2.44. The Morgan fingerprint density at radius 3 is 2.18 bits per heavy atom. The van der Waals surface area contributed by atoms with Crippen molar-refractivity contribution in [2.45, 2.75) is 44.7 Å². The molecule has 124 valence electrons. The van der Waals surface area contributed by atoms with Crippen molar-refractivity contribution in [3.63, 3.8) is 0 Å². The Hall–Kier alpha value is -1.08. The number of hydrogen-bond donors (Lipinski definition) is 0. The fourth-order valence-corrected chi connectivity index (χ4v) is 5.07. The summed E-state index contributed by atoms with van der Waals surface area (Å²) >= 11 is 0. The van der Waals surface area contributed by atoms with E-state index in [2.05, 4.69) is 0 Å². The van der Waals surface area contributed by atoms with Gasteiger partial charge in [0.1, 0.15) is 0 Å². The smallest absolute Gasteiger partial charge is 0.207 e. The summed E-state index contributed by atoms with van der Waals surface area (Å²) in [5, 5.41) is 0. The van der Waals surface area contributed by atoms with Gasteiger partial charge in [0.25, 0.3) is 0 Å². The van der Waals surface area contributed by atoms with E-state index in [1.807, 2.05) is 6.92 Å². The van der Waals surface area contributed by atoms with Crippen LogP contribution in [-0.2, 0) is 10.0 Å². The Bertz CT molecular complexity index is 645. The lowest BCUT2D eigenvalue weighted by Gasteiger charge is -2.33. The number of aryl methyl sites for hydroxylation is 3. The quantitative estimate of drug-likeness (QED) is 0.828. The van der Waals surface area contributed by atoms with E-state index >= 15 is 0 Å². The molecule has 1 heterocycles.